The number of hydrogen-bond acceptors (Lipinski definition) is 5. The van der Waals surface area contributed by atoms with Crippen LogP contribution in [-0.2, 0) is 10.1 Å². The summed E-state index contributed by atoms with van der Waals surface area (Å²) in [6, 6.07) is 19.3. The second-order valence-corrected chi connectivity index (χ2v) is 9.29. The molecule has 3 aromatic rings. The number of hydrogen-bond donors (Lipinski definition) is 1. The predicted molar refractivity (Wildman–Crippen MR) is 113 cm³/mol. The first-order valence-corrected chi connectivity index (χ1v) is 11.3. The van der Waals surface area contributed by atoms with Gasteiger partial charge in [0.2, 0.25) is 0 Å². The fraction of sp³-hybridized carbons (Fsp3) is 0.190. The van der Waals surface area contributed by atoms with Crippen molar-refractivity contribution < 1.29 is 13.0 Å². The summed E-state index contributed by atoms with van der Waals surface area (Å²) in [4.78, 5) is 8.27. The first-order chi connectivity index (χ1) is 13.4. The van der Waals surface area contributed by atoms with Crippen molar-refractivity contribution >= 4 is 33.3 Å². The molecule has 0 aliphatic carbocycles. The third-order valence-electron chi connectivity index (χ3n) is 4.73. The number of anilines is 2. The standard InChI is InChI=1S/C21H20N2O3S2/c1-3-20(28(24,25)26)23-17-11-4-5-12-18(17)27-19-13-7-9-15(21(19)23)16-10-6-8-14(2)22-16/h4-13,20H,3H2,1-2H3,(H,24,25,26). The van der Waals surface area contributed by atoms with Gasteiger partial charge in [-0.2, -0.15) is 8.42 Å². The van der Waals surface area contributed by atoms with E-state index in [0.29, 0.717) is 0 Å². The van der Waals surface area contributed by atoms with E-state index in [-0.39, 0.29) is 6.42 Å². The molecule has 28 heavy (non-hydrogen) atoms. The molecular weight excluding hydrogens is 392 g/mol. The molecule has 7 heteroatoms. The summed E-state index contributed by atoms with van der Waals surface area (Å²) in [5.41, 5.74) is 4.02. The number of para-hydroxylation sites is 2. The van der Waals surface area contributed by atoms with Gasteiger partial charge in [-0.15, -0.1) is 0 Å². The lowest BCUT2D eigenvalue weighted by Gasteiger charge is -2.38. The molecule has 0 saturated carbocycles. The van der Waals surface area contributed by atoms with Crippen LogP contribution in [0.1, 0.15) is 19.0 Å². The second kappa shape index (κ2) is 7.24. The Morgan fingerprint density at radius 2 is 1.75 bits per heavy atom. The number of pyridine rings is 1. The molecular formula is C21H20N2O3S2. The van der Waals surface area contributed by atoms with E-state index in [2.05, 4.69) is 4.98 Å². The van der Waals surface area contributed by atoms with Crippen LogP contribution in [0.3, 0.4) is 0 Å². The van der Waals surface area contributed by atoms with Crippen molar-refractivity contribution in [3.63, 3.8) is 0 Å². The summed E-state index contributed by atoms with van der Waals surface area (Å²) in [7, 11) is -4.31. The van der Waals surface area contributed by atoms with Gasteiger partial charge in [0, 0.05) is 21.0 Å². The fourth-order valence-corrected chi connectivity index (χ4v) is 5.57. The summed E-state index contributed by atoms with van der Waals surface area (Å²) in [6.45, 7) is 3.68. The van der Waals surface area contributed by atoms with Crippen LogP contribution in [0.25, 0.3) is 11.3 Å². The minimum Gasteiger partial charge on any atom is -0.319 e. The zero-order valence-corrected chi connectivity index (χ0v) is 17.2. The summed E-state index contributed by atoms with van der Waals surface area (Å²) in [6.07, 6.45) is 0.243. The van der Waals surface area contributed by atoms with Gasteiger partial charge in [0.15, 0.2) is 5.37 Å². The van der Waals surface area contributed by atoms with Crippen LogP contribution in [0, 0.1) is 6.92 Å². The quantitative estimate of drug-likeness (QED) is 0.588. The van der Waals surface area contributed by atoms with Crippen molar-refractivity contribution in [2.24, 2.45) is 0 Å². The molecule has 0 radical (unpaired) electrons. The van der Waals surface area contributed by atoms with Crippen LogP contribution in [0.15, 0.2) is 70.5 Å². The molecule has 1 atom stereocenters. The second-order valence-electron chi connectivity index (χ2n) is 6.63. The zero-order chi connectivity index (χ0) is 19.9. The van der Waals surface area contributed by atoms with E-state index in [1.807, 2.05) is 67.6 Å². The van der Waals surface area contributed by atoms with Gasteiger partial charge < -0.3 is 4.90 Å². The van der Waals surface area contributed by atoms with Gasteiger partial charge in [-0.1, -0.05) is 49.0 Å². The van der Waals surface area contributed by atoms with E-state index in [9.17, 15) is 13.0 Å². The van der Waals surface area contributed by atoms with Crippen LogP contribution in [0.5, 0.6) is 0 Å². The van der Waals surface area contributed by atoms with Crippen LogP contribution < -0.4 is 4.90 Å². The summed E-state index contributed by atoms with van der Waals surface area (Å²) in [5, 5.41) is -1.08. The van der Waals surface area contributed by atoms with E-state index in [1.54, 1.807) is 23.6 Å². The number of aryl methyl sites for hydroxylation is 1. The SMILES string of the molecule is CCC(N1c2ccccc2Sc2cccc(-c3cccc(C)n3)c21)S(=O)(=O)O. The zero-order valence-electron chi connectivity index (χ0n) is 15.5. The molecule has 0 saturated heterocycles. The Kier molecular flexibility index (Phi) is 4.91. The van der Waals surface area contributed by atoms with Gasteiger partial charge in [-0.05, 0) is 43.7 Å². The molecule has 1 aliphatic heterocycles. The van der Waals surface area contributed by atoms with Crippen molar-refractivity contribution in [2.45, 2.75) is 35.4 Å². The summed E-state index contributed by atoms with van der Waals surface area (Å²) in [5.74, 6) is 0. The number of aromatic nitrogens is 1. The number of benzene rings is 2. The Labute approximate surface area is 169 Å². The van der Waals surface area contributed by atoms with Gasteiger partial charge >= 0.3 is 0 Å². The Morgan fingerprint density at radius 1 is 1.04 bits per heavy atom. The van der Waals surface area contributed by atoms with Crippen LogP contribution in [0.4, 0.5) is 11.4 Å². The van der Waals surface area contributed by atoms with E-state index >= 15 is 0 Å². The fourth-order valence-electron chi connectivity index (χ4n) is 3.56. The molecule has 144 valence electrons. The van der Waals surface area contributed by atoms with Gasteiger partial charge in [-0.3, -0.25) is 9.54 Å². The van der Waals surface area contributed by atoms with Gasteiger partial charge in [0.25, 0.3) is 10.1 Å². The Morgan fingerprint density at radius 3 is 2.46 bits per heavy atom. The minimum atomic E-state index is -4.31. The van der Waals surface area contributed by atoms with Crippen molar-refractivity contribution in [3.05, 3.63) is 66.4 Å². The molecule has 0 fully saturated rings. The van der Waals surface area contributed by atoms with Gasteiger partial charge in [-0.25, -0.2) is 0 Å². The smallest absolute Gasteiger partial charge is 0.286 e. The Hall–Kier alpha value is -2.35. The van der Waals surface area contributed by atoms with Crippen molar-refractivity contribution in [1.82, 2.24) is 4.98 Å². The van der Waals surface area contributed by atoms with Crippen LogP contribution >= 0.6 is 11.8 Å². The first kappa shape index (κ1) is 19.0. The molecule has 1 aliphatic rings. The topological polar surface area (TPSA) is 70.5 Å². The maximum Gasteiger partial charge on any atom is 0.286 e. The largest absolute Gasteiger partial charge is 0.319 e. The monoisotopic (exact) mass is 412 g/mol. The highest BCUT2D eigenvalue weighted by molar-refractivity contribution is 7.99. The lowest BCUT2D eigenvalue weighted by molar-refractivity contribution is 0.464. The van der Waals surface area contributed by atoms with E-state index in [4.69, 9.17) is 0 Å². The molecule has 1 unspecified atom stereocenters. The molecule has 0 bridgehead atoms. The summed E-state index contributed by atoms with van der Waals surface area (Å²) < 4.78 is 34.5. The molecule has 2 aromatic carbocycles. The van der Waals surface area contributed by atoms with Crippen LogP contribution in [-0.4, -0.2) is 23.3 Å². The molecule has 0 amide bonds. The molecule has 1 aromatic heterocycles. The maximum atomic E-state index is 12.3. The third kappa shape index (κ3) is 3.30. The molecule has 5 nitrogen and oxygen atoms in total. The van der Waals surface area contributed by atoms with Crippen LogP contribution in [0.2, 0.25) is 0 Å². The lowest BCUT2D eigenvalue weighted by atomic mass is 10.1. The molecule has 4 rings (SSSR count). The lowest BCUT2D eigenvalue weighted by Crippen LogP contribution is -2.39. The normalized spacial score (nSPS) is 14.3. The maximum absolute atomic E-state index is 12.3. The predicted octanol–water partition coefficient (Wildman–Crippen LogP) is 5.28. The number of nitrogens with zero attached hydrogens (tertiary/aromatic N) is 2. The van der Waals surface area contributed by atoms with E-state index in [0.717, 1.165) is 38.1 Å². The van der Waals surface area contributed by atoms with E-state index < -0.39 is 15.5 Å². The highest BCUT2D eigenvalue weighted by Crippen LogP contribution is 2.52. The summed E-state index contributed by atoms with van der Waals surface area (Å²) >= 11 is 1.59. The van der Waals surface area contributed by atoms with Crippen molar-refractivity contribution in [2.75, 3.05) is 4.90 Å². The minimum absolute atomic E-state index is 0.243. The molecule has 2 heterocycles. The third-order valence-corrected chi connectivity index (χ3v) is 7.08. The highest BCUT2D eigenvalue weighted by Gasteiger charge is 2.36. The molecule has 1 N–H and O–H groups in total. The van der Waals surface area contributed by atoms with Crippen molar-refractivity contribution in [3.8, 4) is 11.3 Å². The first-order valence-electron chi connectivity index (χ1n) is 8.99. The van der Waals surface area contributed by atoms with Gasteiger partial charge in [0.05, 0.1) is 17.1 Å². The molecule has 0 spiro atoms. The van der Waals surface area contributed by atoms with E-state index in [1.165, 1.54) is 0 Å². The number of fused-ring (bicyclic) bond motifs is 2. The highest BCUT2D eigenvalue weighted by atomic mass is 32.2. The van der Waals surface area contributed by atoms with Crippen molar-refractivity contribution in [1.29, 1.82) is 0 Å². The number of rotatable bonds is 4. The van der Waals surface area contributed by atoms with Gasteiger partial charge in [0.1, 0.15) is 0 Å². The Bertz CT molecular complexity index is 1150. The average molecular weight is 413 g/mol. The Balaban J connectivity index is 2.02. The average Bonchev–Trinajstić information content (AvgIpc) is 2.66.